The fourth-order valence-corrected chi connectivity index (χ4v) is 1.82. The highest BCUT2D eigenvalue weighted by atomic mass is 16.5. The van der Waals surface area contributed by atoms with Crippen LogP contribution in [0.3, 0.4) is 0 Å². The minimum Gasteiger partial charge on any atom is -0.381 e. The fraction of sp³-hybridized carbons (Fsp3) is 0.800. The normalized spacial score (nSPS) is 34.8. The molecule has 1 aliphatic rings. The van der Waals surface area contributed by atoms with Crippen LogP contribution in [0.25, 0.3) is 0 Å². The summed E-state index contributed by atoms with van der Waals surface area (Å²) in [7, 11) is 1.73. The zero-order valence-electron chi connectivity index (χ0n) is 8.34. The van der Waals surface area contributed by atoms with Gasteiger partial charge in [-0.2, -0.15) is 0 Å². The Morgan fingerprint density at radius 3 is 2.77 bits per heavy atom. The standard InChI is InChI=1S/C10H18N2O/c1-4-8(2)12-10(7-11)5-9(6-10)13-3/h1,8-9,12H,5-7,11H2,2-3H3. The van der Waals surface area contributed by atoms with Crippen LogP contribution in [0.4, 0.5) is 0 Å². The maximum Gasteiger partial charge on any atom is 0.0663 e. The Hall–Kier alpha value is -0.560. The fourth-order valence-electron chi connectivity index (χ4n) is 1.82. The van der Waals surface area contributed by atoms with E-state index in [0.717, 1.165) is 12.8 Å². The van der Waals surface area contributed by atoms with Crippen molar-refractivity contribution in [2.75, 3.05) is 13.7 Å². The maximum absolute atomic E-state index is 5.70. The van der Waals surface area contributed by atoms with Crippen molar-refractivity contribution in [2.24, 2.45) is 5.73 Å². The van der Waals surface area contributed by atoms with E-state index in [-0.39, 0.29) is 11.6 Å². The lowest BCUT2D eigenvalue weighted by molar-refractivity contribution is -0.0280. The van der Waals surface area contributed by atoms with E-state index >= 15 is 0 Å². The topological polar surface area (TPSA) is 47.3 Å². The average Bonchev–Trinajstić information content (AvgIpc) is 2.10. The summed E-state index contributed by atoms with van der Waals surface area (Å²) in [5, 5.41) is 3.35. The molecule has 0 saturated heterocycles. The molecule has 74 valence electrons. The van der Waals surface area contributed by atoms with E-state index in [9.17, 15) is 0 Å². The average molecular weight is 182 g/mol. The molecule has 0 amide bonds. The van der Waals surface area contributed by atoms with Gasteiger partial charge in [0.05, 0.1) is 12.1 Å². The summed E-state index contributed by atoms with van der Waals surface area (Å²) in [6.45, 7) is 2.59. The monoisotopic (exact) mass is 182 g/mol. The highest BCUT2D eigenvalue weighted by Gasteiger charge is 2.43. The summed E-state index contributed by atoms with van der Waals surface area (Å²) in [4.78, 5) is 0. The predicted molar refractivity (Wildman–Crippen MR) is 53.2 cm³/mol. The van der Waals surface area contributed by atoms with E-state index in [1.165, 1.54) is 0 Å². The van der Waals surface area contributed by atoms with Gasteiger partial charge in [0, 0.05) is 19.2 Å². The Bertz CT molecular complexity index is 203. The van der Waals surface area contributed by atoms with Gasteiger partial charge in [0.1, 0.15) is 0 Å². The lowest BCUT2D eigenvalue weighted by atomic mass is 9.73. The summed E-state index contributed by atoms with van der Waals surface area (Å²) >= 11 is 0. The summed E-state index contributed by atoms with van der Waals surface area (Å²) < 4.78 is 5.21. The second-order valence-electron chi connectivity index (χ2n) is 3.78. The van der Waals surface area contributed by atoms with Gasteiger partial charge in [0.25, 0.3) is 0 Å². The van der Waals surface area contributed by atoms with Gasteiger partial charge in [0.15, 0.2) is 0 Å². The smallest absolute Gasteiger partial charge is 0.0663 e. The number of methoxy groups -OCH3 is 1. The van der Waals surface area contributed by atoms with E-state index in [2.05, 4.69) is 11.2 Å². The molecule has 1 atom stereocenters. The number of hydrogen-bond acceptors (Lipinski definition) is 3. The lowest BCUT2D eigenvalue weighted by Gasteiger charge is -2.47. The molecular weight excluding hydrogens is 164 g/mol. The van der Waals surface area contributed by atoms with Crippen LogP contribution in [0.5, 0.6) is 0 Å². The molecule has 0 spiro atoms. The Kier molecular flexibility index (Phi) is 3.32. The Morgan fingerprint density at radius 2 is 2.38 bits per heavy atom. The van der Waals surface area contributed by atoms with Crippen molar-refractivity contribution in [2.45, 2.75) is 37.5 Å². The molecule has 0 aromatic carbocycles. The van der Waals surface area contributed by atoms with E-state index < -0.39 is 0 Å². The molecule has 0 aliphatic heterocycles. The third-order valence-electron chi connectivity index (χ3n) is 2.73. The van der Waals surface area contributed by atoms with Gasteiger partial charge < -0.3 is 10.5 Å². The van der Waals surface area contributed by atoms with Gasteiger partial charge in [-0.25, -0.2) is 0 Å². The Morgan fingerprint density at radius 1 is 1.77 bits per heavy atom. The van der Waals surface area contributed by atoms with Crippen LogP contribution in [-0.4, -0.2) is 31.3 Å². The second-order valence-corrected chi connectivity index (χ2v) is 3.78. The molecule has 0 radical (unpaired) electrons. The number of nitrogens with two attached hydrogens (primary N) is 1. The van der Waals surface area contributed by atoms with Gasteiger partial charge in [-0.15, -0.1) is 6.42 Å². The number of rotatable bonds is 4. The molecule has 3 N–H and O–H groups in total. The van der Waals surface area contributed by atoms with Crippen molar-refractivity contribution in [3.05, 3.63) is 0 Å². The maximum atomic E-state index is 5.70. The second kappa shape index (κ2) is 4.10. The molecule has 1 rings (SSSR count). The summed E-state index contributed by atoms with van der Waals surface area (Å²) in [6.07, 6.45) is 7.57. The van der Waals surface area contributed by atoms with Crippen LogP contribution in [0.15, 0.2) is 0 Å². The molecule has 1 aliphatic carbocycles. The van der Waals surface area contributed by atoms with Crippen molar-refractivity contribution in [1.82, 2.24) is 5.32 Å². The Labute approximate surface area is 80.0 Å². The highest BCUT2D eigenvalue weighted by Crippen LogP contribution is 2.33. The van der Waals surface area contributed by atoms with E-state index in [0.29, 0.717) is 12.6 Å². The molecular formula is C10H18N2O. The van der Waals surface area contributed by atoms with E-state index in [1.807, 2.05) is 6.92 Å². The van der Waals surface area contributed by atoms with E-state index in [4.69, 9.17) is 16.9 Å². The first-order valence-corrected chi connectivity index (χ1v) is 4.62. The van der Waals surface area contributed by atoms with E-state index in [1.54, 1.807) is 7.11 Å². The summed E-state index contributed by atoms with van der Waals surface area (Å²) in [5.41, 5.74) is 5.72. The van der Waals surface area contributed by atoms with Crippen LogP contribution in [-0.2, 0) is 4.74 Å². The quantitative estimate of drug-likeness (QED) is 0.606. The molecule has 1 saturated carbocycles. The third-order valence-corrected chi connectivity index (χ3v) is 2.73. The first-order chi connectivity index (χ1) is 6.15. The van der Waals surface area contributed by atoms with Crippen molar-refractivity contribution >= 4 is 0 Å². The molecule has 3 heteroatoms. The summed E-state index contributed by atoms with van der Waals surface area (Å²) in [5.74, 6) is 2.65. The van der Waals surface area contributed by atoms with Crippen molar-refractivity contribution in [1.29, 1.82) is 0 Å². The van der Waals surface area contributed by atoms with Gasteiger partial charge in [-0.3, -0.25) is 5.32 Å². The van der Waals surface area contributed by atoms with Crippen molar-refractivity contribution in [3.63, 3.8) is 0 Å². The Balaban J connectivity index is 2.42. The number of nitrogens with one attached hydrogen (secondary N) is 1. The molecule has 0 bridgehead atoms. The van der Waals surface area contributed by atoms with Gasteiger partial charge in [-0.05, 0) is 19.8 Å². The molecule has 0 aromatic heterocycles. The first kappa shape index (κ1) is 10.5. The van der Waals surface area contributed by atoms with Crippen LogP contribution in [0.2, 0.25) is 0 Å². The first-order valence-electron chi connectivity index (χ1n) is 4.62. The minimum atomic E-state index is 0.0203. The van der Waals surface area contributed by atoms with Crippen LogP contribution < -0.4 is 11.1 Å². The number of ether oxygens (including phenoxy) is 1. The third kappa shape index (κ3) is 2.22. The van der Waals surface area contributed by atoms with Gasteiger partial charge in [0.2, 0.25) is 0 Å². The highest BCUT2D eigenvalue weighted by molar-refractivity contribution is 5.08. The van der Waals surface area contributed by atoms with Gasteiger partial charge >= 0.3 is 0 Å². The molecule has 0 heterocycles. The predicted octanol–water partition coefficient (Wildman–Crippen LogP) is 0.104. The van der Waals surface area contributed by atoms with Crippen LogP contribution in [0, 0.1) is 12.3 Å². The van der Waals surface area contributed by atoms with Crippen LogP contribution >= 0.6 is 0 Å². The SMILES string of the molecule is C#CC(C)NC1(CN)CC(OC)C1. The van der Waals surface area contributed by atoms with Gasteiger partial charge in [-0.1, -0.05) is 5.92 Å². The zero-order chi connectivity index (χ0) is 9.90. The van der Waals surface area contributed by atoms with Crippen molar-refractivity contribution in [3.8, 4) is 12.3 Å². The number of terminal acetylenes is 1. The number of hydrogen-bond donors (Lipinski definition) is 2. The summed E-state index contributed by atoms with van der Waals surface area (Å²) in [6, 6.07) is 0.0846. The lowest BCUT2D eigenvalue weighted by Crippen LogP contribution is -2.64. The zero-order valence-corrected chi connectivity index (χ0v) is 8.34. The molecule has 3 nitrogen and oxygen atoms in total. The molecule has 13 heavy (non-hydrogen) atoms. The molecule has 1 fully saturated rings. The largest absolute Gasteiger partial charge is 0.381 e. The molecule has 1 unspecified atom stereocenters. The van der Waals surface area contributed by atoms with Crippen LogP contribution in [0.1, 0.15) is 19.8 Å². The molecule has 0 aromatic rings. The minimum absolute atomic E-state index is 0.0203. The van der Waals surface area contributed by atoms with Crippen molar-refractivity contribution < 1.29 is 4.74 Å².